The Labute approximate surface area is 343 Å². The maximum atomic E-state index is 13.1. The zero-order chi connectivity index (χ0) is 41.1. The Morgan fingerprint density at radius 1 is 0.536 bits per heavy atom. The standard InChI is InChI=1S/C46H91NO9/c1-3-5-7-9-11-13-15-17-18-19-20-21-23-25-27-29-31-33-35-40(50)45(54)47-38(37-55-46-44(53)43(52)42(51)41(36-48)56-46)39(49)34-32-30-28-26-24-22-16-14-12-10-8-6-4-2/h38-44,46,48-53H,3-37H2,1-2H3,(H,47,54). The molecule has 0 radical (unpaired) electrons. The number of ether oxygens (including phenoxy) is 2. The minimum Gasteiger partial charge on any atom is -0.394 e. The van der Waals surface area contributed by atoms with Gasteiger partial charge in [-0.05, 0) is 12.8 Å². The summed E-state index contributed by atoms with van der Waals surface area (Å²) in [5.74, 6) is -0.580. The summed E-state index contributed by atoms with van der Waals surface area (Å²) in [4.78, 5) is 13.1. The Kier molecular flexibility index (Phi) is 35.3. The summed E-state index contributed by atoms with van der Waals surface area (Å²) >= 11 is 0. The van der Waals surface area contributed by atoms with Crippen LogP contribution in [-0.4, -0.2) is 98.7 Å². The van der Waals surface area contributed by atoms with Crippen molar-refractivity contribution in [2.45, 2.75) is 275 Å². The van der Waals surface area contributed by atoms with Crippen LogP contribution in [-0.2, 0) is 14.3 Å². The van der Waals surface area contributed by atoms with Crippen LogP contribution in [0.4, 0.5) is 0 Å². The minimum atomic E-state index is -1.59. The van der Waals surface area contributed by atoms with Crippen molar-refractivity contribution in [2.75, 3.05) is 13.2 Å². The molecule has 1 heterocycles. The van der Waals surface area contributed by atoms with Crippen LogP contribution in [0.2, 0.25) is 0 Å². The molecule has 1 aliphatic rings. The summed E-state index contributed by atoms with van der Waals surface area (Å²) < 4.78 is 11.2. The number of unbranched alkanes of at least 4 members (excludes halogenated alkanes) is 29. The minimum absolute atomic E-state index is 0.250. The molecular formula is C46H91NO9. The van der Waals surface area contributed by atoms with Gasteiger partial charge in [0.25, 0.3) is 0 Å². The summed E-state index contributed by atoms with van der Waals surface area (Å²) in [6, 6.07) is -0.887. The van der Waals surface area contributed by atoms with Crippen molar-refractivity contribution in [3.05, 3.63) is 0 Å². The van der Waals surface area contributed by atoms with Crippen molar-refractivity contribution in [2.24, 2.45) is 0 Å². The third-order valence-corrected chi connectivity index (χ3v) is 11.8. The third kappa shape index (κ3) is 27.0. The first kappa shape index (κ1) is 53.2. The smallest absolute Gasteiger partial charge is 0.249 e. The molecule has 7 N–H and O–H groups in total. The second kappa shape index (κ2) is 37.2. The largest absolute Gasteiger partial charge is 0.394 e. The number of carbonyl (C=O) groups is 1. The van der Waals surface area contributed by atoms with Crippen molar-refractivity contribution < 1.29 is 44.9 Å². The van der Waals surface area contributed by atoms with Crippen molar-refractivity contribution >= 4 is 5.91 Å². The highest BCUT2D eigenvalue weighted by Gasteiger charge is 2.44. The average Bonchev–Trinajstić information content (AvgIpc) is 3.20. The van der Waals surface area contributed by atoms with Crippen LogP contribution in [0.3, 0.4) is 0 Å². The van der Waals surface area contributed by atoms with E-state index in [4.69, 9.17) is 9.47 Å². The number of rotatable bonds is 40. The normalized spacial score (nSPS) is 21.6. The maximum Gasteiger partial charge on any atom is 0.249 e. The van der Waals surface area contributed by atoms with Gasteiger partial charge in [0.1, 0.15) is 30.5 Å². The highest BCUT2D eigenvalue weighted by atomic mass is 16.7. The van der Waals surface area contributed by atoms with E-state index in [2.05, 4.69) is 19.2 Å². The van der Waals surface area contributed by atoms with Gasteiger partial charge in [-0.25, -0.2) is 0 Å². The Bertz CT molecular complexity index is 864. The Hall–Kier alpha value is -0.850. The number of nitrogens with one attached hydrogen (secondary N) is 1. The Balaban J connectivity index is 2.34. The molecule has 1 amide bonds. The summed E-state index contributed by atoms with van der Waals surface area (Å²) in [7, 11) is 0. The molecule has 10 nitrogen and oxygen atoms in total. The van der Waals surface area contributed by atoms with Gasteiger partial charge in [-0.2, -0.15) is 0 Å². The lowest BCUT2D eigenvalue weighted by Crippen LogP contribution is -2.60. The van der Waals surface area contributed by atoms with Gasteiger partial charge in [0.15, 0.2) is 6.29 Å². The lowest BCUT2D eigenvalue weighted by atomic mass is 9.99. The predicted octanol–water partition coefficient (Wildman–Crippen LogP) is 8.92. The van der Waals surface area contributed by atoms with Crippen molar-refractivity contribution in [1.82, 2.24) is 5.32 Å². The molecule has 0 aromatic carbocycles. The van der Waals surface area contributed by atoms with Crippen molar-refractivity contribution in [3.63, 3.8) is 0 Å². The Morgan fingerprint density at radius 2 is 0.893 bits per heavy atom. The number of aliphatic hydroxyl groups excluding tert-OH is 6. The molecule has 8 unspecified atom stereocenters. The zero-order valence-corrected chi connectivity index (χ0v) is 36.3. The number of aliphatic hydroxyl groups is 6. The van der Waals surface area contributed by atoms with Gasteiger partial charge >= 0.3 is 0 Å². The van der Waals surface area contributed by atoms with Gasteiger partial charge in [-0.1, -0.05) is 213 Å². The maximum absolute atomic E-state index is 13.1. The van der Waals surface area contributed by atoms with Crippen LogP contribution in [0.5, 0.6) is 0 Å². The van der Waals surface area contributed by atoms with E-state index in [0.717, 1.165) is 44.9 Å². The van der Waals surface area contributed by atoms with E-state index >= 15 is 0 Å². The summed E-state index contributed by atoms with van der Waals surface area (Å²) in [5.41, 5.74) is 0. The van der Waals surface area contributed by atoms with Crippen molar-refractivity contribution in [3.8, 4) is 0 Å². The number of amides is 1. The number of hydrogen-bond acceptors (Lipinski definition) is 9. The predicted molar refractivity (Wildman–Crippen MR) is 227 cm³/mol. The average molecular weight is 802 g/mol. The third-order valence-electron chi connectivity index (χ3n) is 11.8. The first-order valence-electron chi connectivity index (χ1n) is 23.8. The van der Waals surface area contributed by atoms with E-state index in [1.165, 1.54) is 154 Å². The van der Waals surface area contributed by atoms with Gasteiger partial charge in [0.2, 0.25) is 5.91 Å². The van der Waals surface area contributed by atoms with Crippen LogP contribution < -0.4 is 5.32 Å². The number of hydrogen-bond donors (Lipinski definition) is 7. The van der Waals surface area contributed by atoms with Crippen LogP contribution in [0.25, 0.3) is 0 Å². The second-order valence-electron chi connectivity index (χ2n) is 17.1. The van der Waals surface area contributed by atoms with Gasteiger partial charge < -0.3 is 45.4 Å². The monoisotopic (exact) mass is 802 g/mol. The van der Waals surface area contributed by atoms with E-state index in [1.54, 1.807) is 0 Å². The molecule has 10 heteroatoms. The SMILES string of the molecule is CCCCCCCCCCCCCCCCCCCCC(O)C(=O)NC(COC1OC(CO)C(O)C(O)C1O)C(O)CCCCCCCCCCCCCCC. The molecule has 1 saturated heterocycles. The van der Waals surface area contributed by atoms with Crippen LogP contribution in [0.1, 0.15) is 226 Å². The van der Waals surface area contributed by atoms with Gasteiger partial charge in [0.05, 0.1) is 25.4 Å². The van der Waals surface area contributed by atoms with Crippen LogP contribution >= 0.6 is 0 Å². The van der Waals surface area contributed by atoms with E-state index in [0.29, 0.717) is 12.8 Å². The fourth-order valence-electron chi connectivity index (χ4n) is 7.87. The van der Waals surface area contributed by atoms with E-state index < -0.39 is 61.5 Å². The lowest BCUT2D eigenvalue weighted by Gasteiger charge is -2.40. The molecule has 0 bridgehead atoms. The molecule has 0 aromatic heterocycles. The molecule has 8 atom stereocenters. The molecule has 0 aliphatic carbocycles. The first-order valence-corrected chi connectivity index (χ1v) is 23.8. The highest BCUT2D eigenvalue weighted by Crippen LogP contribution is 2.23. The summed E-state index contributed by atoms with van der Waals surface area (Å²) in [5, 5.41) is 64.8. The van der Waals surface area contributed by atoms with Crippen LogP contribution in [0.15, 0.2) is 0 Å². The zero-order valence-electron chi connectivity index (χ0n) is 36.3. The molecule has 0 spiro atoms. The van der Waals surface area contributed by atoms with Gasteiger partial charge in [0, 0.05) is 0 Å². The molecule has 1 fully saturated rings. The molecule has 1 aliphatic heterocycles. The molecular weight excluding hydrogens is 711 g/mol. The quantitative estimate of drug-likeness (QED) is 0.0299. The molecule has 56 heavy (non-hydrogen) atoms. The summed E-state index contributed by atoms with van der Waals surface area (Å²) in [6.07, 6.45) is 30.1. The highest BCUT2D eigenvalue weighted by molar-refractivity contribution is 5.80. The first-order chi connectivity index (χ1) is 27.3. The Morgan fingerprint density at radius 3 is 1.27 bits per heavy atom. The van der Waals surface area contributed by atoms with Gasteiger partial charge in [-0.15, -0.1) is 0 Å². The molecule has 0 saturated carbocycles. The molecule has 334 valence electrons. The number of carbonyl (C=O) groups excluding carboxylic acids is 1. The summed E-state index contributed by atoms with van der Waals surface area (Å²) in [6.45, 7) is 3.68. The molecule has 0 aromatic rings. The van der Waals surface area contributed by atoms with E-state index in [1.807, 2.05) is 0 Å². The van der Waals surface area contributed by atoms with E-state index in [-0.39, 0.29) is 6.61 Å². The fourth-order valence-corrected chi connectivity index (χ4v) is 7.87. The fraction of sp³-hybridized carbons (Fsp3) is 0.978. The second-order valence-corrected chi connectivity index (χ2v) is 17.1. The van der Waals surface area contributed by atoms with E-state index in [9.17, 15) is 35.4 Å². The van der Waals surface area contributed by atoms with Crippen LogP contribution in [0, 0.1) is 0 Å². The van der Waals surface area contributed by atoms with Crippen molar-refractivity contribution in [1.29, 1.82) is 0 Å². The molecule has 1 rings (SSSR count). The lowest BCUT2D eigenvalue weighted by molar-refractivity contribution is -0.302. The van der Waals surface area contributed by atoms with Gasteiger partial charge in [-0.3, -0.25) is 4.79 Å². The topological polar surface area (TPSA) is 169 Å².